The van der Waals surface area contributed by atoms with Gasteiger partial charge < -0.3 is 4.84 Å². The number of carbonyl (C=O) groups is 3. The van der Waals surface area contributed by atoms with E-state index in [1.165, 1.54) is 18.2 Å². The number of nitrogens with one attached hydrogen (secondary N) is 1. The third-order valence-electron chi connectivity index (χ3n) is 2.29. The Morgan fingerprint density at radius 1 is 1.22 bits per heavy atom. The molecule has 0 bridgehead atoms. The normalized spacial score (nSPS) is 14.8. The monoisotopic (exact) mass is 252 g/mol. The van der Waals surface area contributed by atoms with E-state index in [1.54, 1.807) is 0 Å². The van der Waals surface area contributed by atoms with E-state index in [2.05, 4.69) is 10.2 Å². The van der Waals surface area contributed by atoms with E-state index in [0.29, 0.717) is 5.06 Å². The summed E-state index contributed by atoms with van der Waals surface area (Å²) < 4.78 is 13.2. The predicted molar refractivity (Wildman–Crippen MR) is 57.6 cm³/mol. The number of amides is 3. The second-order valence-electron chi connectivity index (χ2n) is 3.57. The molecule has 18 heavy (non-hydrogen) atoms. The predicted octanol–water partition coefficient (Wildman–Crippen LogP) is 1.44. The van der Waals surface area contributed by atoms with E-state index in [9.17, 15) is 18.8 Å². The second-order valence-corrected chi connectivity index (χ2v) is 3.57. The molecule has 1 aliphatic rings. The lowest BCUT2D eigenvalue weighted by Crippen LogP contribution is -2.34. The summed E-state index contributed by atoms with van der Waals surface area (Å²) in [5, 5.41) is 2.48. The first-order chi connectivity index (χ1) is 8.58. The molecule has 3 amide bonds. The molecule has 1 heterocycles. The summed E-state index contributed by atoms with van der Waals surface area (Å²) in [6.07, 6.45) is -1.08. The molecule has 0 spiro atoms. The van der Waals surface area contributed by atoms with E-state index in [0.717, 1.165) is 6.07 Å². The Kier molecular flexibility index (Phi) is 3.22. The zero-order valence-corrected chi connectivity index (χ0v) is 9.18. The molecule has 1 N–H and O–H groups in total. The maximum atomic E-state index is 13.2. The number of imide groups is 1. The van der Waals surface area contributed by atoms with Gasteiger partial charge in [-0.1, -0.05) is 12.1 Å². The number of halogens is 1. The fourth-order valence-corrected chi connectivity index (χ4v) is 1.44. The molecule has 1 aromatic rings. The molecular formula is C11H9FN2O4. The third kappa shape index (κ3) is 2.45. The van der Waals surface area contributed by atoms with Crippen molar-refractivity contribution >= 4 is 23.6 Å². The summed E-state index contributed by atoms with van der Waals surface area (Å²) in [6.45, 7) is 0. The molecule has 6 nitrogen and oxygen atoms in total. The number of para-hydroxylation sites is 1. The minimum absolute atomic E-state index is 0.00577. The fourth-order valence-electron chi connectivity index (χ4n) is 1.44. The van der Waals surface area contributed by atoms with Crippen molar-refractivity contribution in [3.63, 3.8) is 0 Å². The van der Waals surface area contributed by atoms with Crippen LogP contribution in [0.2, 0.25) is 0 Å². The van der Waals surface area contributed by atoms with E-state index in [4.69, 9.17) is 0 Å². The zero-order valence-electron chi connectivity index (χ0n) is 9.18. The van der Waals surface area contributed by atoms with Gasteiger partial charge in [0.25, 0.3) is 11.8 Å². The Balaban J connectivity index is 1.99. The molecule has 1 aromatic carbocycles. The summed E-state index contributed by atoms with van der Waals surface area (Å²) in [7, 11) is 0. The molecule has 0 aliphatic carbocycles. The first-order valence-electron chi connectivity index (χ1n) is 5.17. The summed E-state index contributed by atoms with van der Waals surface area (Å²) >= 11 is 0. The number of hydroxylamine groups is 2. The Morgan fingerprint density at radius 2 is 1.83 bits per heavy atom. The van der Waals surface area contributed by atoms with Crippen molar-refractivity contribution in [2.75, 3.05) is 5.32 Å². The Hall–Kier alpha value is -2.44. The van der Waals surface area contributed by atoms with Crippen molar-refractivity contribution in [2.45, 2.75) is 12.8 Å². The maximum Gasteiger partial charge on any atom is 0.436 e. The van der Waals surface area contributed by atoms with Crippen molar-refractivity contribution in [2.24, 2.45) is 0 Å². The first-order valence-corrected chi connectivity index (χ1v) is 5.17. The average molecular weight is 252 g/mol. The van der Waals surface area contributed by atoms with Gasteiger partial charge in [-0.15, -0.1) is 5.06 Å². The van der Waals surface area contributed by atoms with Gasteiger partial charge in [-0.05, 0) is 12.1 Å². The van der Waals surface area contributed by atoms with Gasteiger partial charge in [-0.2, -0.15) is 0 Å². The molecule has 0 unspecified atom stereocenters. The van der Waals surface area contributed by atoms with Gasteiger partial charge >= 0.3 is 6.09 Å². The van der Waals surface area contributed by atoms with Crippen LogP contribution >= 0.6 is 0 Å². The second kappa shape index (κ2) is 4.82. The van der Waals surface area contributed by atoms with E-state index in [1.807, 2.05) is 0 Å². The molecule has 1 aliphatic heterocycles. The number of hydrogen-bond acceptors (Lipinski definition) is 4. The van der Waals surface area contributed by atoms with Crippen LogP contribution in [0.3, 0.4) is 0 Å². The SMILES string of the molecule is O=C(Nc1ccccc1F)ON1C(=O)CCC1=O. The molecule has 0 aromatic heterocycles. The van der Waals surface area contributed by atoms with Gasteiger partial charge in [0.15, 0.2) is 0 Å². The largest absolute Gasteiger partial charge is 0.436 e. The number of carbonyl (C=O) groups excluding carboxylic acids is 3. The van der Waals surface area contributed by atoms with Crippen molar-refractivity contribution < 1.29 is 23.6 Å². The van der Waals surface area contributed by atoms with Crippen LogP contribution in [0.1, 0.15) is 12.8 Å². The smallest absolute Gasteiger partial charge is 0.311 e. The van der Waals surface area contributed by atoms with Gasteiger partial charge in [0, 0.05) is 12.8 Å². The van der Waals surface area contributed by atoms with Crippen LogP contribution in [0.15, 0.2) is 24.3 Å². The molecule has 94 valence electrons. The lowest BCUT2D eigenvalue weighted by Gasteiger charge is -2.13. The van der Waals surface area contributed by atoms with Crippen LogP contribution < -0.4 is 5.32 Å². The summed E-state index contributed by atoms with van der Waals surface area (Å²) in [5.41, 5.74) is -0.0957. The number of nitrogens with zero attached hydrogens (tertiary/aromatic N) is 1. The lowest BCUT2D eigenvalue weighted by molar-refractivity contribution is -0.170. The number of benzene rings is 1. The first kappa shape index (κ1) is 12.0. The van der Waals surface area contributed by atoms with Crippen LogP contribution in [0.5, 0.6) is 0 Å². The highest BCUT2D eigenvalue weighted by atomic mass is 19.1. The molecule has 0 atom stereocenters. The Bertz CT molecular complexity index is 502. The number of hydrogen-bond donors (Lipinski definition) is 1. The summed E-state index contributed by atoms with van der Waals surface area (Å²) in [5.74, 6) is -1.83. The van der Waals surface area contributed by atoms with E-state index < -0.39 is 23.7 Å². The quantitative estimate of drug-likeness (QED) is 0.808. The minimum Gasteiger partial charge on any atom is -0.311 e. The van der Waals surface area contributed by atoms with Crippen molar-refractivity contribution in [1.82, 2.24) is 5.06 Å². The highest BCUT2D eigenvalue weighted by Gasteiger charge is 2.32. The minimum atomic E-state index is -1.09. The average Bonchev–Trinajstić information content (AvgIpc) is 2.64. The van der Waals surface area contributed by atoms with Crippen molar-refractivity contribution in [3.8, 4) is 0 Å². The third-order valence-corrected chi connectivity index (χ3v) is 2.29. The number of anilines is 1. The van der Waals surface area contributed by atoms with Crippen LogP contribution in [0.4, 0.5) is 14.9 Å². The molecule has 1 fully saturated rings. The molecule has 0 radical (unpaired) electrons. The standard InChI is InChI=1S/C11H9FN2O4/c12-7-3-1-2-4-8(7)13-11(17)18-14-9(15)5-6-10(14)16/h1-4H,5-6H2,(H,13,17). The van der Waals surface area contributed by atoms with Crippen molar-refractivity contribution in [3.05, 3.63) is 30.1 Å². The molecule has 1 saturated heterocycles. The highest BCUT2D eigenvalue weighted by molar-refractivity contribution is 6.02. The lowest BCUT2D eigenvalue weighted by atomic mass is 10.3. The zero-order chi connectivity index (χ0) is 13.1. The van der Waals surface area contributed by atoms with Crippen LogP contribution in [0, 0.1) is 5.82 Å². The number of rotatable bonds is 2. The summed E-state index contributed by atoms with van der Waals surface area (Å²) in [6, 6.07) is 5.45. The molecular weight excluding hydrogens is 243 g/mol. The molecule has 7 heteroatoms. The van der Waals surface area contributed by atoms with Gasteiger partial charge in [0.05, 0.1) is 5.69 Å². The Labute approximate surface area is 101 Å². The van der Waals surface area contributed by atoms with Crippen molar-refractivity contribution in [1.29, 1.82) is 0 Å². The van der Waals surface area contributed by atoms with Crippen LogP contribution in [-0.4, -0.2) is 23.0 Å². The molecule has 0 saturated carbocycles. The maximum absolute atomic E-state index is 13.2. The van der Waals surface area contributed by atoms with Gasteiger partial charge in [0.2, 0.25) is 0 Å². The van der Waals surface area contributed by atoms with Gasteiger partial charge in [0.1, 0.15) is 5.82 Å². The van der Waals surface area contributed by atoms with Gasteiger partial charge in [-0.3, -0.25) is 14.9 Å². The topological polar surface area (TPSA) is 75.7 Å². The summed E-state index contributed by atoms with van der Waals surface area (Å²) in [4.78, 5) is 38.2. The highest BCUT2D eigenvalue weighted by Crippen LogP contribution is 2.15. The van der Waals surface area contributed by atoms with Crippen LogP contribution in [0.25, 0.3) is 0 Å². The van der Waals surface area contributed by atoms with Crippen LogP contribution in [-0.2, 0) is 14.4 Å². The fraction of sp³-hybridized carbons (Fsp3) is 0.182. The Morgan fingerprint density at radius 3 is 2.44 bits per heavy atom. The van der Waals surface area contributed by atoms with Gasteiger partial charge in [-0.25, -0.2) is 9.18 Å². The van der Waals surface area contributed by atoms with E-state index in [-0.39, 0.29) is 18.5 Å². The molecule has 2 rings (SSSR count). The van der Waals surface area contributed by atoms with E-state index >= 15 is 0 Å².